The molecule has 0 unspecified atom stereocenters. The topological polar surface area (TPSA) is 115 Å². The van der Waals surface area contributed by atoms with E-state index < -0.39 is 16.4 Å². The van der Waals surface area contributed by atoms with Crippen LogP contribution in [-0.2, 0) is 0 Å². The molecule has 0 aliphatic carbocycles. The van der Waals surface area contributed by atoms with Crippen LogP contribution in [0.5, 0.6) is 5.75 Å². The standard InChI is InChI=1S/C19H11ClN4O4/c20-13-7-12(17(25)15(9-13)24(26)27)10-22-14-4-1-3-11(8-14)19-23-18-16(28-19)5-2-6-21-18/h1-10,25H. The van der Waals surface area contributed by atoms with Gasteiger partial charge in [0.05, 0.1) is 10.6 Å². The number of hydrogen-bond acceptors (Lipinski definition) is 7. The zero-order chi connectivity index (χ0) is 19.7. The Kier molecular flexibility index (Phi) is 4.46. The molecule has 0 saturated carbocycles. The van der Waals surface area contributed by atoms with E-state index in [1.807, 2.05) is 6.07 Å². The molecule has 0 fully saturated rings. The number of aliphatic imine (C=N–C) groups is 1. The number of hydrogen-bond donors (Lipinski definition) is 1. The second-order valence-electron chi connectivity index (χ2n) is 5.77. The Morgan fingerprint density at radius 2 is 2.07 bits per heavy atom. The minimum atomic E-state index is -0.708. The number of benzene rings is 2. The molecule has 0 aliphatic rings. The molecule has 4 rings (SSSR count). The van der Waals surface area contributed by atoms with Crippen LogP contribution in [0.1, 0.15) is 5.56 Å². The molecule has 9 heteroatoms. The lowest BCUT2D eigenvalue weighted by Gasteiger charge is -2.02. The molecular formula is C19H11ClN4O4. The van der Waals surface area contributed by atoms with Crippen molar-refractivity contribution in [1.82, 2.24) is 9.97 Å². The smallest absolute Gasteiger partial charge is 0.312 e. The number of nitrogens with zero attached hydrogens (tertiary/aromatic N) is 4. The Hall–Kier alpha value is -3.78. The van der Waals surface area contributed by atoms with Gasteiger partial charge in [0.25, 0.3) is 0 Å². The van der Waals surface area contributed by atoms with Gasteiger partial charge in [-0.2, -0.15) is 4.98 Å². The summed E-state index contributed by atoms with van der Waals surface area (Å²) in [6, 6.07) is 13.0. The molecule has 28 heavy (non-hydrogen) atoms. The molecule has 0 bridgehead atoms. The van der Waals surface area contributed by atoms with Crippen LogP contribution in [0.4, 0.5) is 11.4 Å². The summed E-state index contributed by atoms with van der Waals surface area (Å²) in [6.07, 6.45) is 2.94. The molecule has 1 N–H and O–H groups in total. The van der Waals surface area contributed by atoms with Crippen molar-refractivity contribution in [2.75, 3.05) is 0 Å². The molecule has 0 saturated heterocycles. The van der Waals surface area contributed by atoms with E-state index >= 15 is 0 Å². The maximum Gasteiger partial charge on any atom is 0.312 e. The molecule has 0 radical (unpaired) electrons. The van der Waals surface area contributed by atoms with Crippen molar-refractivity contribution < 1.29 is 14.4 Å². The molecule has 138 valence electrons. The zero-order valence-electron chi connectivity index (χ0n) is 14.1. The maximum atomic E-state index is 11.0. The first-order valence-corrected chi connectivity index (χ1v) is 8.42. The summed E-state index contributed by atoms with van der Waals surface area (Å²) in [6.45, 7) is 0. The van der Waals surface area contributed by atoms with E-state index in [-0.39, 0.29) is 10.6 Å². The van der Waals surface area contributed by atoms with Gasteiger partial charge in [0, 0.05) is 34.6 Å². The highest BCUT2D eigenvalue weighted by molar-refractivity contribution is 6.31. The molecule has 2 heterocycles. The highest BCUT2D eigenvalue weighted by atomic mass is 35.5. The van der Waals surface area contributed by atoms with Gasteiger partial charge in [-0.25, -0.2) is 4.98 Å². The van der Waals surface area contributed by atoms with Crippen molar-refractivity contribution in [3.8, 4) is 17.2 Å². The Morgan fingerprint density at radius 3 is 2.86 bits per heavy atom. The lowest BCUT2D eigenvalue weighted by molar-refractivity contribution is -0.385. The van der Waals surface area contributed by atoms with Gasteiger partial charge in [-0.15, -0.1) is 0 Å². The largest absolute Gasteiger partial charge is 0.502 e. The molecule has 0 atom stereocenters. The van der Waals surface area contributed by atoms with Gasteiger partial charge in [0.15, 0.2) is 11.2 Å². The van der Waals surface area contributed by atoms with Crippen LogP contribution in [0.3, 0.4) is 0 Å². The number of aromatic nitrogens is 2. The van der Waals surface area contributed by atoms with E-state index in [1.54, 1.807) is 36.5 Å². The number of rotatable bonds is 4. The number of phenols is 1. The van der Waals surface area contributed by atoms with Gasteiger partial charge < -0.3 is 9.52 Å². The Labute approximate surface area is 162 Å². The fourth-order valence-corrected chi connectivity index (χ4v) is 2.82. The predicted octanol–water partition coefficient (Wildman–Crippen LogP) is 4.91. The van der Waals surface area contributed by atoms with Crippen LogP contribution < -0.4 is 0 Å². The monoisotopic (exact) mass is 394 g/mol. The number of pyridine rings is 1. The summed E-state index contributed by atoms with van der Waals surface area (Å²) in [4.78, 5) is 23.0. The number of aromatic hydroxyl groups is 1. The summed E-state index contributed by atoms with van der Waals surface area (Å²) in [5.74, 6) is -0.105. The molecule has 2 aromatic heterocycles. The molecule has 4 aromatic rings. The summed E-state index contributed by atoms with van der Waals surface area (Å²) in [7, 11) is 0. The van der Waals surface area contributed by atoms with Crippen molar-refractivity contribution in [3.05, 3.63) is 75.4 Å². The van der Waals surface area contributed by atoms with E-state index in [4.69, 9.17) is 16.0 Å². The normalized spacial score (nSPS) is 11.3. The van der Waals surface area contributed by atoms with Gasteiger partial charge >= 0.3 is 5.69 Å². The number of nitro groups is 1. The molecular weight excluding hydrogens is 384 g/mol. The first kappa shape index (κ1) is 17.6. The van der Waals surface area contributed by atoms with Gasteiger partial charge in [-0.3, -0.25) is 15.1 Å². The SMILES string of the molecule is O=[N+]([O-])c1cc(Cl)cc(C=Nc2cccc(-c3nc4ncccc4o3)c2)c1O. The minimum Gasteiger partial charge on any atom is -0.502 e. The fourth-order valence-electron chi connectivity index (χ4n) is 2.60. The van der Waals surface area contributed by atoms with E-state index in [9.17, 15) is 15.2 Å². The number of oxazole rings is 1. The van der Waals surface area contributed by atoms with E-state index in [0.717, 1.165) is 6.07 Å². The minimum absolute atomic E-state index is 0.124. The van der Waals surface area contributed by atoms with E-state index in [2.05, 4.69) is 15.0 Å². The van der Waals surface area contributed by atoms with Crippen molar-refractivity contribution in [2.45, 2.75) is 0 Å². The quantitative estimate of drug-likeness (QED) is 0.299. The summed E-state index contributed by atoms with van der Waals surface area (Å²) >= 11 is 5.89. The van der Waals surface area contributed by atoms with E-state index in [1.165, 1.54) is 12.3 Å². The predicted molar refractivity (Wildman–Crippen MR) is 104 cm³/mol. The summed E-state index contributed by atoms with van der Waals surface area (Å²) < 4.78 is 5.69. The van der Waals surface area contributed by atoms with Crippen molar-refractivity contribution in [1.29, 1.82) is 0 Å². The summed E-state index contributed by atoms with van der Waals surface area (Å²) in [5.41, 5.74) is 1.95. The Bertz CT molecular complexity index is 1200. The molecule has 0 amide bonds. The molecule has 8 nitrogen and oxygen atoms in total. The van der Waals surface area contributed by atoms with Crippen LogP contribution in [0.25, 0.3) is 22.7 Å². The lowest BCUT2D eigenvalue weighted by atomic mass is 10.1. The number of halogens is 1. The highest BCUT2D eigenvalue weighted by Crippen LogP contribution is 2.33. The maximum absolute atomic E-state index is 11.0. The van der Waals surface area contributed by atoms with Crippen LogP contribution in [-0.4, -0.2) is 26.2 Å². The Balaban J connectivity index is 1.68. The Morgan fingerprint density at radius 1 is 1.21 bits per heavy atom. The average Bonchev–Trinajstić information content (AvgIpc) is 3.13. The van der Waals surface area contributed by atoms with Gasteiger partial charge in [-0.1, -0.05) is 17.7 Å². The van der Waals surface area contributed by atoms with Crippen molar-refractivity contribution in [2.24, 2.45) is 4.99 Å². The third-order valence-corrected chi connectivity index (χ3v) is 4.11. The van der Waals surface area contributed by atoms with Crippen molar-refractivity contribution >= 4 is 40.4 Å². The molecule has 0 aliphatic heterocycles. The fraction of sp³-hybridized carbons (Fsp3) is 0. The highest BCUT2D eigenvalue weighted by Gasteiger charge is 2.17. The first-order valence-electron chi connectivity index (χ1n) is 8.04. The van der Waals surface area contributed by atoms with Gasteiger partial charge in [0.1, 0.15) is 0 Å². The first-order chi connectivity index (χ1) is 13.5. The number of phenolic OH excluding ortho intramolecular Hbond substituents is 1. The zero-order valence-corrected chi connectivity index (χ0v) is 14.9. The van der Waals surface area contributed by atoms with Crippen LogP contribution >= 0.6 is 11.6 Å². The lowest BCUT2D eigenvalue weighted by Crippen LogP contribution is -1.92. The molecule has 0 spiro atoms. The van der Waals surface area contributed by atoms with Crippen LogP contribution in [0.2, 0.25) is 5.02 Å². The van der Waals surface area contributed by atoms with E-state index in [0.29, 0.717) is 28.4 Å². The third-order valence-electron chi connectivity index (χ3n) is 3.89. The second-order valence-corrected chi connectivity index (χ2v) is 6.21. The van der Waals surface area contributed by atoms with Crippen molar-refractivity contribution in [3.63, 3.8) is 0 Å². The number of nitro benzene ring substituents is 1. The van der Waals surface area contributed by atoms with Crippen LogP contribution in [0, 0.1) is 10.1 Å². The average molecular weight is 395 g/mol. The van der Waals surface area contributed by atoms with Gasteiger partial charge in [0.2, 0.25) is 11.6 Å². The third kappa shape index (κ3) is 3.40. The van der Waals surface area contributed by atoms with Gasteiger partial charge in [-0.05, 0) is 36.4 Å². The number of fused-ring (bicyclic) bond motifs is 1. The second kappa shape index (κ2) is 7.09. The molecule has 2 aromatic carbocycles. The summed E-state index contributed by atoms with van der Waals surface area (Å²) in [5, 5.41) is 21.2. The van der Waals surface area contributed by atoms with Crippen LogP contribution in [0.15, 0.2) is 64.1 Å².